The zero-order valence-corrected chi connectivity index (χ0v) is 27.8. The molecule has 0 atom stereocenters. The Kier molecular flexibility index (Phi) is 9.13. The molecule has 17 heteroatoms. The first-order valence-corrected chi connectivity index (χ1v) is 18.0. The van der Waals surface area contributed by atoms with Crippen LogP contribution >= 0.6 is 11.6 Å². The molecule has 48 heavy (non-hydrogen) atoms. The van der Waals surface area contributed by atoms with E-state index in [-0.39, 0.29) is 45.2 Å². The minimum atomic E-state index is -5.07. The molecule has 0 saturated heterocycles. The molecule has 0 spiro atoms. The number of nitrogens with zero attached hydrogens (tertiary/aromatic N) is 6. The van der Waals surface area contributed by atoms with Gasteiger partial charge in [-0.3, -0.25) is 14.8 Å². The smallest absolute Gasteiger partial charge is 0.407 e. The van der Waals surface area contributed by atoms with Crippen LogP contribution in [0.15, 0.2) is 65.6 Å². The molecule has 9 nitrogen and oxygen atoms in total. The fourth-order valence-electron chi connectivity index (χ4n) is 5.21. The monoisotopic (exact) mass is 708 g/mol. The molecule has 0 aliphatic carbocycles. The molecule has 0 N–H and O–H groups in total. The van der Waals surface area contributed by atoms with Gasteiger partial charge in [-0.2, -0.15) is 26.3 Å². The van der Waals surface area contributed by atoms with Crippen LogP contribution in [0.25, 0.3) is 22.7 Å². The summed E-state index contributed by atoms with van der Waals surface area (Å²) in [6, 6.07) is 7.72. The molecule has 0 unspecified atom stereocenters. The Bertz CT molecular complexity index is 1940. The van der Waals surface area contributed by atoms with E-state index in [0.29, 0.717) is 17.7 Å². The third-order valence-electron chi connectivity index (χ3n) is 6.91. The van der Waals surface area contributed by atoms with Gasteiger partial charge in [-0.25, -0.2) is 4.68 Å². The van der Waals surface area contributed by atoms with Gasteiger partial charge >= 0.3 is 12.4 Å². The Morgan fingerprint density at radius 3 is 2.19 bits per heavy atom. The standard InChI is InChI=1S/C31H27ClF6N6O3Si/c1-29(2,47-48(3,4)5)28-23(27(46-42-28)20-8-6-7-9-21(20)32)26(45)24-25(22-15-39-10-11-40-22)44(43-41-24)16-17-12-18(30(33,34)35)14-19(13-17)31(36,37)38/h6-15H,16H2,1-5H3. The maximum atomic E-state index is 14.6. The quantitative estimate of drug-likeness (QED) is 0.0853. The predicted octanol–water partition coefficient (Wildman–Crippen LogP) is 8.45. The number of carbonyl (C=O) groups excluding carboxylic acids is 1. The van der Waals surface area contributed by atoms with E-state index in [4.69, 9.17) is 20.6 Å². The van der Waals surface area contributed by atoms with E-state index in [2.05, 4.69) is 25.4 Å². The van der Waals surface area contributed by atoms with Crippen molar-refractivity contribution >= 4 is 25.7 Å². The minimum Gasteiger partial charge on any atom is -0.407 e. The van der Waals surface area contributed by atoms with Gasteiger partial charge in [-0.1, -0.05) is 34.1 Å². The SMILES string of the molecule is CC(C)(O[Si](C)(C)C)c1noc(-c2ccccc2Cl)c1C(=O)c1nnn(Cc2cc(C(F)(F)F)cc(C(F)(F)F)c2)c1-c1cnccn1. The second kappa shape index (κ2) is 12.6. The van der Waals surface area contributed by atoms with Crippen LogP contribution in [0.1, 0.15) is 52.3 Å². The van der Waals surface area contributed by atoms with Crippen LogP contribution in [-0.2, 0) is 28.9 Å². The Labute approximate surface area is 276 Å². The molecule has 3 aromatic heterocycles. The van der Waals surface area contributed by atoms with Gasteiger partial charge < -0.3 is 8.95 Å². The highest BCUT2D eigenvalue weighted by Gasteiger charge is 2.41. The van der Waals surface area contributed by atoms with Gasteiger partial charge in [-0.15, -0.1) is 5.10 Å². The average Bonchev–Trinajstić information content (AvgIpc) is 3.61. The Morgan fingerprint density at radius 1 is 0.979 bits per heavy atom. The van der Waals surface area contributed by atoms with E-state index in [0.717, 1.165) is 4.68 Å². The normalized spacial score (nSPS) is 12.8. The summed E-state index contributed by atoms with van der Waals surface area (Å²) in [6.07, 6.45) is -6.26. The molecular weight excluding hydrogens is 682 g/mol. The van der Waals surface area contributed by atoms with E-state index < -0.39 is 55.3 Å². The molecule has 0 aliphatic rings. The van der Waals surface area contributed by atoms with Crippen LogP contribution in [0.2, 0.25) is 24.7 Å². The van der Waals surface area contributed by atoms with Crippen LogP contribution in [0.3, 0.4) is 0 Å². The van der Waals surface area contributed by atoms with Crippen molar-refractivity contribution in [1.82, 2.24) is 30.1 Å². The van der Waals surface area contributed by atoms with Crippen LogP contribution in [0.4, 0.5) is 26.3 Å². The van der Waals surface area contributed by atoms with Gasteiger partial charge in [0.1, 0.15) is 17.1 Å². The minimum absolute atomic E-state index is 0.0137. The largest absolute Gasteiger partial charge is 0.416 e. The number of carbonyl (C=O) groups is 1. The summed E-state index contributed by atoms with van der Waals surface area (Å²) >= 11 is 6.49. The van der Waals surface area contributed by atoms with E-state index >= 15 is 0 Å². The zero-order valence-electron chi connectivity index (χ0n) is 26.0. The lowest BCUT2D eigenvalue weighted by Gasteiger charge is -2.31. The highest BCUT2D eigenvalue weighted by atomic mass is 35.5. The van der Waals surface area contributed by atoms with Crippen molar-refractivity contribution in [2.24, 2.45) is 0 Å². The molecule has 2 aromatic carbocycles. The van der Waals surface area contributed by atoms with Crippen LogP contribution in [0, 0.1) is 0 Å². The lowest BCUT2D eigenvalue weighted by Crippen LogP contribution is -2.37. The highest BCUT2D eigenvalue weighted by molar-refractivity contribution is 6.69. The lowest BCUT2D eigenvalue weighted by atomic mass is 9.93. The van der Waals surface area contributed by atoms with Gasteiger partial charge in [0.25, 0.3) is 0 Å². The molecule has 252 valence electrons. The maximum absolute atomic E-state index is 14.6. The topological polar surface area (TPSA) is 109 Å². The van der Waals surface area contributed by atoms with Crippen molar-refractivity contribution in [2.75, 3.05) is 0 Å². The van der Waals surface area contributed by atoms with Crippen molar-refractivity contribution in [2.45, 2.75) is 58.0 Å². The van der Waals surface area contributed by atoms with Crippen molar-refractivity contribution in [1.29, 1.82) is 0 Å². The zero-order chi connectivity index (χ0) is 35.2. The number of benzene rings is 2. The van der Waals surface area contributed by atoms with Gasteiger partial charge in [-0.05, 0) is 69.4 Å². The molecule has 0 fully saturated rings. The van der Waals surface area contributed by atoms with Crippen molar-refractivity contribution < 1.29 is 40.1 Å². The van der Waals surface area contributed by atoms with Crippen LogP contribution in [0.5, 0.6) is 0 Å². The Balaban J connectivity index is 1.72. The third kappa shape index (κ3) is 7.34. The Hall–Kier alpha value is -4.41. The molecule has 0 amide bonds. The molecule has 3 heterocycles. The fourth-order valence-corrected chi connectivity index (χ4v) is 7.06. The summed E-state index contributed by atoms with van der Waals surface area (Å²) in [5.74, 6) is -0.805. The summed E-state index contributed by atoms with van der Waals surface area (Å²) < 4.78 is 94.9. The number of alkyl halides is 6. The molecule has 0 saturated carbocycles. The second-order valence-corrected chi connectivity index (χ2v) is 17.1. The first-order chi connectivity index (χ1) is 22.3. The van der Waals surface area contributed by atoms with Gasteiger partial charge in [0.15, 0.2) is 19.8 Å². The first-order valence-electron chi connectivity index (χ1n) is 14.2. The number of hydrogen-bond acceptors (Lipinski definition) is 8. The number of hydrogen-bond donors (Lipinski definition) is 0. The molecule has 0 aliphatic heterocycles. The van der Waals surface area contributed by atoms with E-state index in [1.54, 1.807) is 38.1 Å². The molecule has 5 rings (SSSR count). The van der Waals surface area contributed by atoms with Crippen molar-refractivity contribution in [3.05, 3.63) is 99.7 Å². The maximum Gasteiger partial charge on any atom is 0.416 e. The summed E-state index contributed by atoms with van der Waals surface area (Å²) in [4.78, 5) is 22.9. The molecule has 0 radical (unpaired) electrons. The molecular formula is C31H27ClF6N6O3Si. The van der Waals surface area contributed by atoms with E-state index in [9.17, 15) is 31.1 Å². The predicted molar refractivity (Wildman–Crippen MR) is 164 cm³/mol. The number of aromatic nitrogens is 6. The van der Waals surface area contributed by atoms with Crippen molar-refractivity contribution in [3.8, 4) is 22.7 Å². The van der Waals surface area contributed by atoms with Crippen LogP contribution in [-0.4, -0.2) is 44.2 Å². The number of ketones is 1. The summed E-state index contributed by atoms with van der Waals surface area (Å²) in [5.41, 5.74) is -4.70. The highest BCUT2D eigenvalue weighted by Crippen LogP contribution is 2.40. The van der Waals surface area contributed by atoms with Gasteiger partial charge in [0, 0.05) is 18.0 Å². The Morgan fingerprint density at radius 2 is 1.62 bits per heavy atom. The number of halogens is 7. The van der Waals surface area contributed by atoms with E-state index in [1.807, 2.05) is 19.6 Å². The summed E-state index contributed by atoms with van der Waals surface area (Å²) in [6.45, 7) is 8.62. The number of rotatable bonds is 9. The lowest BCUT2D eigenvalue weighted by molar-refractivity contribution is -0.143. The first kappa shape index (κ1) is 34.9. The van der Waals surface area contributed by atoms with Gasteiger partial charge in [0.05, 0.1) is 40.1 Å². The third-order valence-corrected chi connectivity index (χ3v) is 8.36. The van der Waals surface area contributed by atoms with Crippen molar-refractivity contribution in [3.63, 3.8) is 0 Å². The summed E-state index contributed by atoms with van der Waals surface area (Å²) in [7, 11) is -2.26. The van der Waals surface area contributed by atoms with Gasteiger partial charge in [0.2, 0.25) is 5.78 Å². The average molecular weight is 709 g/mol. The summed E-state index contributed by atoms with van der Waals surface area (Å²) in [5, 5.41) is 12.5. The second-order valence-electron chi connectivity index (χ2n) is 12.2. The van der Waals surface area contributed by atoms with Crippen LogP contribution < -0.4 is 0 Å². The molecule has 0 bridgehead atoms. The molecule has 5 aromatic rings. The fraction of sp³-hybridized carbons (Fsp3) is 0.290. The van der Waals surface area contributed by atoms with E-state index in [1.165, 1.54) is 18.6 Å².